The van der Waals surface area contributed by atoms with Gasteiger partial charge in [0.2, 0.25) is 0 Å². The second kappa shape index (κ2) is 5.37. The number of rotatable bonds is 3. The molecular weight excluding hydrogens is 240 g/mol. The van der Waals surface area contributed by atoms with Gasteiger partial charge in [-0.05, 0) is 22.2 Å². The number of nitrogens with zero attached hydrogens (tertiary/aromatic N) is 1. The zero-order chi connectivity index (χ0) is 12.9. The van der Waals surface area contributed by atoms with Gasteiger partial charge in [0.15, 0.2) is 0 Å². The molecule has 0 amide bonds. The largest absolute Gasteiger partial charge is 0.290 e. The lowest BCUT2D eigenvalue weighted by atomic mass is 10.1. The minimum atomic E-state index is 0.424. The fraction of sp³-hybridized carbons (Fsp3) is 0. The lowest BCUT2D eigenvalue weighted by molar-refractivity contribution is -0.249. The van der Waals surface area contributed by atoms with E-state index in [4.69, 9.17) is 4.89 Å². The molecule has 0 saturated carbocycles. The van der Waals surface area contributed by atoms with Gasteiger partial charge in [0.05, 0.1) is 0 Å². The fourth-order valence-electron chi connectivity index (χ4n) is 1.83. The summed E-state index contributed by atoms with van der Waals surface area (Å²) in [6.45, 7) is 0. The Hall–Kier alpha value is -2.59. The minimum absolute atomic E-state index is 0.424. The highest BCUT2D eigenvalue weighted by atomic mass is 17.3. The predicted molar refractivity (Wildman–Crippen MR) is 73.7 cm³/mol. The van der Waals surface area contributed by atoms with Crippen LogP contribution in [0.3, 0.4) is 0 Å². The Morgan fingerprint density at radius 2 is 1.68 bits per heavy atom. The number of nitrogens with one attached hydrogen (secondary N) is 1. The first-order chi connectivity index (χ1) is 9.43. The maximum absolute atomic E-state index is 4.94. The zero-order valence-electron chi connectivity index (χ0n) is 10.1. The van der Waals surface area contributed by atoms with Crippen LogP contribution in [0.15, 0.2) is 59.7 Å². The van der Waals surface area contributed by atoms with Crippen LogP contribution in [0.25, 0.3) is 12.2 Å². The van der Waals surface area contributed by atoms with Gasteiger partial charge >= 0.3 is 0 Å². The molecule has 1 heterocycles. The van der Waals surface area contributed by atoms with Gasteiger partial charge < -0.3 is 0 Å². The van der Waals surface area contributed by atoms with Crippen LogP contribution in [0.5, 0.6) is 0 Å². The summed E-state index contributed by atoms with van der Waals surface area (Å²) in [4.78, 5) is 9.49. The monoisotopic (exact) mass is 252 g/mol. The van der Waals surface area contributed by atoms with Gasteiger partial charge in [-0.1, -0.05) is 60.7 Å². The molecule has 0 bridgehead atoms. The van der Waals surface area contributed by atoms with E-state index in [1.165, 1.54) is 0 Å². The molecule has 94 valence electrons. The maximum atomic E-state index is 4.94. The van der Waals surface area contributed by atoms with E-state index in [1.54, 1.807) is 0 Å². The molecule has 0 spiro atoms. The Kier molecular flexibility index (Phi) is 3.25. The van der Waals surface area contributed by atoms with E-state index in [2.05, 4.69) is 15.7 Å². The van der Waals surface area contributed by atoms with Gasteiger partial charge in [0, 0.05) is 5.56 Å². The van der Waals surface area contributed by atoms with Gasteiger partial charge in [-0.15, -0.1) is 10.7 Å². The van der Waals surface area contributed by atoms with Gasteiger partial charge in [-0.2, -0.15) is 0 Å². The molecule has 1 N–H and O–H groups in total. The summed E-state index contributed by atoms with van der Waals surface area (Å²) in [6, 6.07) is 17.9. The molecule has 0 radical (unpaired) electrons. The molecule has 0 aromatic heterocycles. The van der Waals surface area contributed by atoms with E-state index >= 15 is 0 Å². The second-order valence-electron chi connectivity index (χ2n) is 4.01. The van der Waals surface area contributed by atoms with Crippen molar-refractivity contribution in [3.05, 3.63) is 71.3 Å². The van der Waals surface area contributed by atoms with E-state index in [0.29, 0.717) is 5.90 Å². The summed E-state index contributed by atoms with van der Waals surface area (Å²) in [5.41, 5.74) is 5.34. The standard InChI is InChI=1S/C15H12N2O2/c1-2-6-12(7-3-1)10-11-13-8-4-5-9-14(13)15-16-17-19-18-15/h1-11,17H. The van der Waals surface area contributed by atoms with E-state index in [0.717, 1.165) is 16.7 Å². The van der Waals surface area contributed by atoms with Crippen LogP contribution in [0.2, 0.25) is 0 Å². The summed E-state index contributed by atoms with van der Waals surface area (Å²) in [5.74, 6) is 0.424. The molecular formula is C15H12N2O2. The van der Waals surface area contributed by atoms with Crippen molar-refractivity contribution in [1.29, 1.82) is 0 Å². The van der Waals surface area contributed by atoms with E-state index in [-0.39, 0.29) is 0 Å². The summed E-state index contributed by atoms with van der Waals surface area (Å²) >= 11 is 0. The molecule has 4 nitrogen and oxygen atoms in total. The van der Waals surface area contributed by atoms with Gasteiger partial charge in [0.1, 0.15) is 0 Å². The third-order valence-electron chi connectivity index (χ3n) is 2.75. The summed E-state index contributed by atoms with van der Waals surface area (Å²) in [5, 5.41) is 3.91. The molecule has 3 rings (SSSR count). The molecule has 1 aliphatic heterocycles. The highest BCUT2D eigenvalue weighted by molar-refractivity contribution is 5.98. The first-order valence-electron chi connectivity index (χ1n) is 5.92. The molecule has 19 heavy (non-hydrogen) atoms. The summed E-state index contributed by atoms with van der Waals surface area (Å²) < 4.78 is 0. The Balaban J connectivity index is 1.91. The summed E-state index contributed by atoms with van der Waals surface area (Å²) in [7, 11) is 0. The van der Waals surface area contributed by atoms with Crippen LogP contribution in [0, 0.1) is 0 Å². The number of hydrazone groups is 1. The molecule has 2 aromatic carbocycles. The lowest BCUT2D eigenvalue weighted by Gasteiger charge is -2.02. The smallest absolute Gasteiger partial charge is 0.285 e. The topological polar surface area (TPSA) is 42.9 Å². The normalized spacial score (nSPS) is 14.0. The predicted octanol–water partition coefficient (Wildman–Crippen LogP) is 2.99. The van der Waals surface area contributed by atoms with Crippen molar-refractivity contribution in [2.75, 3.05) is 0 Å². The number of benzene rings is 2. The molecule has 0 aliphatic carbocycles. The zero-order valence-corrected chi connectivity index (χ0v) is 10.1. The molecule has 2 aromatic rings. The van der Waals surface area contributed by atoms with Gasteiger partial charge in [-0.3, -0.25) is 4.89 Å². The van der Waals surface area contributed by atoms with E-state index in [9.17, 15) is 0 Å². The quantitative estimate of drug-likeness (QED) is 0.674. The van der Waals surface area contributed by atoms with Crippen LogP contribution >= 0.6 is 0 Å². The van der Waals surface area contributed by atoms with Crippen LogP contribution in [0.1, 0.15) is 16.7 Å². The van der Waals surface area contributed by atoms with Crippen LogP contribution in [-0.4, -0.2) is 5.90 Å². The molecule has 4 heteroatoms. The third-order valence-corrected chi connectivity index (χ3v) is 2.75. The van der Waals surface area contributed by atoms with Crippen LogP contribution in [-0.2, 0) is 9.88 Å². The molecule has 0 fully saturated rings. The highest BCUT2D eigenvalue weighted by Gasteiger charge is 2.14. The molecule has 0 atom stereocenters. The Morgan fingerprint density at radius 3 is 2.47 bits per heavy atom. The van der Waals surface area contributed by atoms with Crippen molar-refractivity contribution in [2.24, 2.45) is 5.10 Å². The van der Waals surface area contributed by atoms with Crippen molar-refractivity contribution in [1.82, 2.24) is 5.59 Å². The average Bonchev–Trinajstić information content (AvgIpc) is 3.01. The van der Waals surface area contributed by atoms with Crippen molar-refractivity contribution in [2.45, 2.75) is 0 Å². The Labute approximate surface area is 110 Å². The first kappa shape index (κ1) is 11.5. The summed E-state index contributed by atoms with van der Waals surface area (Å²) in [6.07, 6.45) is 4.07. The maximum Gasteiger partial charge on any atom is 0.285 e. The average molecular weight is 252 g/mol. The van der Waals surface area contributed by atoms with Crippen LogP contribution in [0.4, 0.5) is 0 Å². The van der Waals surface area contributed by atoms with E-state index in [1.807, 2.05) is 66.7 Å². The van der Waals surface area contributed by atoms with Crippen molar-refractivity contribution < 1.29 is 9.88 Å². The lowest BCUT2D eigenvalue weighted by Crippen LogP contribution is -2.02. The van der Waals surface area contributed by atoms with Gasteiger partial charge in [0.25, 0.3) is 5.90 Å². The highest BCUT2D eigenvalue weighted by Crippen LogP contribution is 2.16. The van der Waals surface area contributed by atoms with E-state index < -0.39 is 0 Å². The molecule has 0 unspecified atom stereocenters. The number of hydrogen-bond donors (Lipinski definition) is 1. The van der Waals surface area contributed by atoms with Crippen molar-refractivity contribution >= 4 is 18.0 Å². The van der Waals surface area contributed by atoms with Crippen LogP contribution < -0.4 is 5.59 Å². The molecule has 1 aliphatic rings. The fourth-order valence-corrected chi connectivity index (χ4v) is 1.83. The van der Waals surface area contributed by atoms with Gasteiger partial charge in [-0.25, -0.2) is 0 Å². The third kappa shape index (κ3) is 2.64. The number of hydrogen-bond acceptors (Lipinski definition) is 4. The Morgan fingerprint density at radius 1 is 0.895 bits per heavy atom. The minimum Gasteiger partial charge on any atom is -0.290 e. The first-order valence-corrected chi connectivity index (χ1v) is 5.92. The van der Waals surface area contributed by atoms with Crippen molar-refractivity contribution in [3.63, 3.8) is 0 Å². The Bertz CT molecular complexity index is 621. The van der Waals surface area contributed by atoms with Crippen molar-refractivity contribution in [3.8, 4) is 0 Å². The second-order valence-corrected chi connectivity index (χ2v) is 4.01. The SMILES string of the molecule is C(=Cc1ccccc1C1=NNOO1)c1ccccc1. The molecule has 0 saturated heterocycles.